The summed E-state index contributed by atoms with van der Waals surface area (Å²) in [6, 6.07) is 12.8. The molecule has 1 aromatic heterocycles. The largest absolute Gasteiger partial charge is 0.123 e. The molecule has 0 saturated heterocycles. The lowest BCUT2D eigenvalue weighted by atomic mass is 9.88. The van der Waals surface area contributed by atoms with Crippen molar-refractivity contribution in [2.24, 2.45) is 5.41 Å². The van der Waals surface area contributed by atoms with Gasteiger partial charge in [0.1, 0.15) is 0 Å². The summed E-state index contributed by atoms with van der Waals surface area (Å²) in [5.41, 5.74) is 2.98. The van der Waals surface area contributed by atoms with Gasteiger partial charge in [-0.25, -0.2) is 0 Å². The molecule has 0 fully saturated rings. The first kappa shape index (κ1) is 12.7. The maximum Gasteiger partial charge on any atom is 0.0934 e. The van der Waals surface area contributed by atoms with Crippen molar-refractivity contribution in [1.82, 2.24) is 0 Å². The third-order valence-corrected chi connectivity index (χ3v) is 3.83. The molecule has 2 heteroatoms. The minimum Gasteiger partial charge on any atom is -0.123 e. The minimum absolute atomic E-state index is 0.341. The van der Waals surface area contributed by atoms with Crippen LogP contribution in [0, 0.1) is 5.41 Å². The third kappa shape index (κ3) is 3.58. The van der Waals surface area contributed by atoms with Crippen LogP contribution in [0.15, 0.2) is 36.4 Å². The molecule has 0 atom stereocenters. The Bertz CT molecular complexity index is 488. The van der Waals surface area contributed by atoms with Gasteiger partial charge in [0.2, 0.25) is 0 Å². The molecule has 0 unspecified atom stereocenters. The van der Waals surface area contributed by atoms with E-state index in [0.717, 1.165) is 10.8 Å². The first-order chi connectivity index (χ1) is 7.94. The molecule has 2 aromatic rings. The van der Waals surface area contributed by atoms with E-state index in [0.29, 0.717) is 5.41 Å². The summed E-state index contributed by atoms with van der Waals surface area (Å²) in [5, 5.41) is 0. The Hall–Kier alpha value is -0.790. The average Bonchev–Trinajstić information content (AvgIpc) is 2.63. The van der Waals surface area contributed by atoms with Crippen molar-refractivity contribution in [3.8, 4) is 10.4 Å². The summed E-state index contributed by atoms with van der Waals surface area (Å²) in [4.78, 5) is 1.23. The summed E-state index contributed by atoms with van der Waals surface area (Å²) in [7, 11) is 0. The molecule has 0 saturated carbocycles. The maximum absolute atomic E-state index is 5.95. The Kier molecular flexibility index (Phi) is 3.60. The summed E-state index contributed by atoms with van der Waals surface area (Å²) in [6.07, 6.45) is 1.11. The SMILES string of the molecule is CC(C)(C)Cc1ccc(-c2ccc(Cl)s2)cc1. The quantitative estimate of drug-likeness (QED) is 0.657. The molecule has 0 aliphatic rings. The highest BCUT2D eigenvalue weighted by molar-refractivity contribution is 7.19. The van der Waals surface area contributed by atoms with E-state index in [1.54, 1.807) is 11.3 Å². The minimum atomic E-state index is 0.341. The lowest BCUT2D eigenvalue weighted by Gasteiger charge is -2.18. The standard InChI is InChI=1S/C15H17ClS/c1-15(2,3)10-11-4-6-12(7-5-11)13-8-9-14(16)17-13/h4-9H,10H2,1-3H3. The number of benzene rings is 1. The van der Waals surface area contributed by atoms with E-state index in [9.17, 15) is 0 Å². The van der Waals surface area contributed by atoms with E-state index in [1.807, 2.05) is 6.07 Å². The molecule has 0 spiro atoms. The Morgan fingerprint density at radius 2 is 1.65 bits per heavy atom. The molecular weight excluding hydrogens is 248 g/mol. The molecular formula is C15H17ClS. The van der Waals surface area contributed by atoms with Crippen LogP contribution in [-0.4, -0.2) is 0 Å². The van der Waals surface area contributed by atoms with Crippen LogP contribution in [-0.2, 0) is 6.42 Å². The highest BCUT2D eigenvalue weighted by Crippen LogP contribution is 2.31. The Labute approximate surface area is 112 Å². The van der Waals surface area contributed by atoms with Crippen molar-refractivity contribution in [3.63, 3.8) is 0 Å². The number of halogens is 1. The fraction of sp³-hybridized carbons (Fsp3) is 0.333. The monoisotopic (exact) mass is 264 g/mol. The molecule has 0 N–H and O–H groups in total. The zero-order valence-electron chi connectivity index (χ0n) is 10.5. The fourth-order valence-electron chi connectivity index (χ4n) is 1.87. The van der Waals surface area contributed by atoms with E-state index < -0.39 is 0 Å². The average molecular weight is 265 g/mol. The van der Waals surface area contributed by atoms with Crippen LogP contribution in [0.3, 0.4) is 0 Å². The van der Waals surface area contributed by atoms with E-state index in [-0.39, 0.29) is 0 Å². The highest BCUT2D eigenvalue weighted by atomic mass is 35.5. The van der Waals surface area contributed by atoms with E-state index >= 15 is 0 Å². The Morgan fingerprint density at radius 1 is 1.00 bits per heavy atom. The van der Waals surface area contributed by atoms with Crippen LogP contribution < -0.4 is 0 Å². The Morgan fingerprint density at radius 3 is 2.12 bits per heavy atom. The molecule has 0 amide bonds. The van der Waals surface area contributed by atoms with E-state index in [2.05, 4.69) is 51.1 Å². The van der Waals surface area contributed by atoms with Crippen molar-refractivity contribution < 1.29 is 0 Å². The molecule has 0 nitrogen and oxygen atoms in total. The van der Waals surface area contributed by atoms with Crippen molar-refractivity contribution in [1.29, 1.82) is 0 Å². The van der Waals surface area contributed by atoms with Gasteiger partial charge in [0.15, 0.2) is 0 Å². The van der Waals surface area contributed by atoms with Gasteiger partial charge in [0.05, 0.1) is 4.34 Å². The van der Waals surface area contributed by atoms with Gasteiger partial charge >= 0.3 is 0 Å². The summed E-state index contributed by atoms with van der Waals surface area (Å²) in [5.74, 6) is 0. The van der Waals surface area contributed by atoms with Crippen LogP contribution in [0.2, 0.25) is 4.34 Å². The predicted molar refractivity (Wildman–Crippen MR) is 77.9 cm³/mol. The predicted octanol–water partition coefficient (Wildman–Crippen LogP) is 5.66. The molecule has 0 aliphatic carbocycles. The highest BCUT2D eigenvalue weighted by Gasteiger charge is 2.11. The van der Waals surface area contributed by atoms with E-state index in [1.165, 1.54) is 16.0 Å². The second kappa shape index (κ2) is 4.83. The topological polar surface area (TPSA) is 0 Å². The summed E-state index contributed by atoms with van der Waals surface area (Å²) < 4.78 is 0.846. The van der Waals surface area contributed by atoms with Gasteiger partial charge in [-0.3, -0.25) is 0 Å². The molecule has 0 aliphatic heterocycles. The van der Waals surface area contributed by atoms with Gasteiger partial charge in [-0.05, 0) is 35.1 Å². The zero-order valence-corrected chi connectivity index (χ0v) is 12.0. The smallest absolute Gasteiger partial charge is 0.0934 e. The van der Waals surface area contributed by atoms with Crippen molar-refractivity contribution in [2.45, 2.75) is 27.2 Å². The molecule has 0 radical (unpaired) electrons. The summed E-state index contributed by atoms with van der Waals surface area (Å²) >= 11 is 7.57. The van der Waals surface area contributed by atoms with Gasteiger partial charge in [0, 0.05) is 4.88 Å². The molecule has 2 rings (SSSR count). The first-order valence-electron chi connectivity index (χ1n) is 5.79. The number of hydrogen-bond donors (Lipinski definition) is 0. The van der Waals surface area contributed by atoms with Crippen molar-refractivity contribution in [2.75, 3.05) is 0 Å². The normalized spacial score (nSPS) is 11.8. The number of thiophene rings is 1. The lowest BCUT2D eigenvalue weighted by Crippen LogP contribution is -2.08. The summed E-state index contributed by atoms with van der Waals surface area (Å²) in [6.45, 7) is 6.79. The second-order valence-electron chi connectivity index (χ2n) is 5.54. The number of rotatable bonds is 2. The number of hydrogen-bond acceptors (Lipinski definition) is 1. The van der Waals surface area contributed by atoms with Crippen molar-refractivity contribution >= 4 is 22.9 Å². The van der Waals surface area contributed by atoms with Gasteiger partial charge in [-0.1, -0.05) is 56.6 Å². The van der Waals surface area contributed by atoms with Crippen LogP contribution in [0.4, 0.5) is 0 Å². The molecule has 17 heavy (non-hydrogen) atoms. The molecule has 90 valence electrons. The second-order valence-corrected chi connectivity index (χ2v) is 7.25. The first-order valence-corrected chi connectivity index (χ1v) is 6.98. The fourth-order valence-corrected chi connectivity index (χ4v) is 2.92. The molecule has 1 aromatic carbocycles. The van der Waals surface area contributed by atoms with Gasteiger partial charge < -0.3 is 0 Å². The third-order valence-electron chi connectivity index (χ3n) is 2.55. The van der Waals surface area contributed by atoms with Crippen LogP contribution in [0.1, 0.15) is 26.3 Å². The maximum atomic E-state index is 5.95. The van der Waals surface area contributed by atoms with Gasteiger partial charge in [-0.15, -0.1) is 11.3 Å². The zero-order chi connectivity index (χ0) is 12.5. The molecule has 1 heterocycles. The Balaban J connectivity index is 2.19. The van der Waals surface area contributed by atoms with Crippen LogP contribution >= 0.6 is 22.9 Å². The van der Waals surface area contributed by atoms with Crippen LogP contribution in [0.5, 0.6) is 0 Å². The lowest BCUT2D eigenvalue weighted by molar-refractivity contribution is 0.411. The van der Waals surface area contributed by atoms with Crippen molar-refractivity contribution in [3.05, 3.63) is 46.3 Å². The van der Waals surface area contributed by atoms with Gasteiger partial charge in [0.25, 0.3) is 0 Å². The van der Waals surface area contributed by atoms with Gasteiger partial charge in [-0.2, -0.15) is 0 Å². The van der Waals surface area contributed by atoms with E-state index in [4.69, 9.17) is 11.6 Å². The van der Waals surface area contributed by atoms with Crippen LogP contribution in [0.25, 0.3) is 10.4 Å². The molecule has 0 bridgehead atoms.